The normalized spacial score (nSPS) is 12.0. The molecule has 0 fully saturated rings. The third-order valence-corrected chi connectivity index (χ3v) is 5.22. The van der Waals surface area contributed by atoms with Gasteiger partial charge >= 0.3 is 5.69 Å². The molecule has 2 heterocycles. The zero-order chi connectivity index (χ0) is 22.2. The Morgan fingerprint density at radius 2 is 1.70 bits per heavy atom. The first-order chi connectivity index (χ1) is 14.1. The highest BCUT2D eigenvalue weighted by atomic mass is 35.5. The third kappa shape index (κ3) is 3.92. The van der Waals surface area contributed by atoms with Crippen LogP contribution in [0.25, 0.3) is 5.69 Å². The molecule has 0 aliphatic carbocycles. The van der Waals surface area contributed by atoms with Crippen LogP contribution in [0.1, 0.15) is 55.1 Å². The molecule has 0 radical (unpaired) electrons. The van der Waals surface area contributed by atoms with Crippen molar-refractivity contribution >= 4 is 23.2 Å². The van der Waals surface area contributed by atoms with Crippen LogP contribution in [0.3, 0.4) is 0 Å². The Labute approximate surface area is 179 Å². The van der Waals surface area contributed by atoms with Gasteiger partial charge in [0.25, 0.3) is 11.1 Å². The van der Waals surface area contributed by atoms with Crippen LogP contribution in [-0.2, 0) is 0 Å². The van der Waals surface area contributed by atoms with Crippen molar-refractivity contribution in [3.8, 4) is 11.8 Å². The monoisotopic (exact) mass is 446 g/mol. The van der Waals surface area contributed by atoms with Crippen LogP contribution in [0.2, 0.25) is 10.0 Å². The van der Waals surface area contributed by atoms with Crippen LogP contribution < -0.4 is 16.8 Å². The number of nitrogens with zero attached hydrogens (tertiary/aromatic N) is 4. The molecule has 0 saturated carbocycles. The van der Waals surface area contributed by atoms with Gasteiger partial charge < -0.3 is 0 Å². The number of benzene rings is 1. The summed E-state index contributed by atoms with van der Waals surface area (Å²) in [6, 6.07) is 6.22. The van der Waals surface area contributed by atoms with Crippen LogP contribution in [-0.4, -0.2) is 25.0 Å². The number of nitriles is 1. The number of rotatable bonds is 4. The Morgan fingerprint density at radius 3 is 2.27 bits per heavy atom. The average Bonchev–Trinajstić information content (AvgIpc) is 2.67. The third-order valence-electron chi connectivity index (χ3n) is 4.59. The fraction of sp³-hybridized carbons (Fsp3) is 0.263. The summed E-state index contributed by atoms with van der Waals surface area (Å²) < 4.78 is 0.835. The maximum Gasteiger partial charge on any atom is 0.349 e. The van der Waals surface area contributed by atoms with E-state index >= 15 is 0 Å². The number of nitrogens with one attached hydrogen (secondary N) is 2. The number of halogens is 2. The lowest BCUT2D eigenvalue weighted by Crippen LogP contribution is -2.33. The maximum absolute atomic E-state index is 12.1. The summed E-state index contributed by atoms with van der Waals surface area (Å²) in [5.41, 5.74) is -0.583. The fourth-order valence-corrected chi connectivity index (χ4v) is 3.79. The number of aromatic nitrogens is 5. The predicted molar refractivity (Wildman–Crippen MR) is 112 cm³/mol. The maximum atomic E-state index is 12.1. The minimum Gasteiger partial charge on any atom is -0.270 e. The van der Waals surface area contributed by atoms with E-state index in [9.17, 15) is 14.4 Å². The molecule has 0 aliphatic rings. The van der Waals surface area contributed by atoms with E-state index in [-0.39, 0.29) is 33.1 Å². The number of aromatic amines is 2. The van der Waals surface area contributed by atoms with Crippen LogP contribution in [0.5, 0.6) is 0 Å². The van der Waals surface area contributed by atoms with Gasteiger partial charge in [-0.1, -0.05) is 44.0 Å². The zero-order valence-electron chi connectivity index (χ0n) is 16.2. The molecule has 0 bridgehead atoms. The second-order valence-corrected chi connectivity index (χ2v) is 7.72. The van der Waals surface area contributed by atoms with Crippen molar-refractivity contribution < 1.29 is 0 Å². The van der Waals surface area contributed by atoms with Crippen LogP contribution in [0.15, 0.2) is 32.6 Å². The highest BCUT2D eigenvalue weighted by Crippen LogP contribution is 2.36. The van der Waals surface area contributed by atoms with E-state index in [4.69, 9.17) is 28.5 Å². The minimum absolute atomic E-state index is 0.00327. The van der Waals surface area contributed by atoms with Crippen molar-refractivity contribution in [2.75, 3.05) is 0 Å². The Morgan fingerprint density at radius 1 is 1.07 bits per heavy atom. The molecule has 2 N–H and O–H groups in total. The van der Waals surface area contributed by atoms with Crippen molar-refractivity contribution in [1.82, 2.24) is 25.0 Å². The van der Waals surface area contributed by atoms with Crippen molar-refractivity contribution in [2.24, 2.45) is 0 Å². The summed E-state index contributed by atoms with van der Waals surface area (Å²) in [6.45, 7) is 5.63. The predicted octanol–water partition coefficient (Wildman–Crippen LogP) is 2.46. The van der Waals surface area contributed by atoms with Gasteiger partial charge in [-0.15, -0.1) is 5.10 Å². The van der Waals surface area contributed by atoms with E-state index in [1.165, 1.54) is 12.1 Å². The van der Waals surface area contributed by atoms with Gasteiger partial charge in [-0.05, 0) is 29.7 Å². The van der Waals surface area contributed by atoms with Gasteiger partial charge in [-0.25, -0.2) is 9.89 Å². The Bertz CT molecular complexity index is 1330. The molecule has 11 heteroatoms. The molecule has 2 aromatic heterocycles. The van der Waals surface area contributed by atoms with Gasteiger partial charge in [0.15, 0.2) is 0 Å². The summed E-state index contributed by atoms with van der Waals surface area (Å²) >= 11 is 12.9. The summed E-state index contributed by atoms with van der Waals surface area (Å²) in [5, 5.41) is 19.8. The molecule has 0 spiro atoms. The van der Waals surface area contributed by atoms with Gasteiger partial charge in [-0.3, -0.25) is 14.6 Å². The van der Waals surface area contributed by atoms with Gasteiger partial charge in [0.05, 0.1) is 11.4 Å². The molecular formula is C19H16Cl2N6O3. The number of H-pyrrole nitrogens is 2. The van der Waals surface area contributed by atoms with E-state index in [1.54, 1.807) is 12.1 Å². The zero-order valence-corrected chi connectivity index (χ0v) is 17.7. The second-order valence-electron chi connectivity index (χ2n) is 6.91. The lowest BCUT2D eigenvalue weighted by atomic mass is 9.94. The van der Waals surface area contributed by atoms with Gasteiger partial charge in [0.2, 0.25) is 5.69 Å². The molecule has 0 amide bonds. The Kier molecular flexibility index (Phi) is 5.92. The van der Waals surface area contributed by atoms with Crippen molar-refractivity contribution in [1.29, 1.82) is 5.26 Å². The van der Waals surface area contributed by atoms with Gasteiger partial charge in [0, 0.05) is 21.5 Å². The van der Waals surface area contributed by atoms with Crippen LogP contribution in [0, 0.1) is 11.3 Å². The van der Waals surface area contributed by atoms with E-state index in [0.717, 1.165) is 4.68 Å². The van der Waals surface area contributed by atoms with E-state index < -0.39 is 16.9 Å². The van der Waals surface area contributed by atoms with Crippen LogP contribution >= 0.6 is 23.2 Å². The SMILES string of the molecule is CC(C)c1cc(C(C)c2c(Cl)cc(-n3nc(C#N)c(=O)[nH]c3=O)cc2Cl)n[nH]c1=O. The first-order valence-corrected chi connectivity index (χ1v) is 9.62. The largest absolute Gasteiger partial charge is 0.349 e. The van der Waals surface area contributed by atoms with Crippen molar-refractivity contribution in [3.63, 3.8) is 0 Å². The highest BCUT2D eigenvalue weighted by molar-refractivity contribution is 6.36. The van der Waals surface area contributed by atoms with Gasteiger partial charge in [-0.2, -0.15) is 15.0 Å². The van der Waals surface area contributed by atoms with E-state index in [1.807, 2.05) is 25.8 Å². The fourth-order valence-electron chi connectivity index (χ4n) is 2.99. The minimum atomic E-state index is -0.883. The lowest BCUT2D eigenvalue weighted by molar-refractivity contribution is 0.738. The summed E-state index contributed by atoms with van der Waals surface area (Å²) in [4.78, 5) is 37.6. The van der Waals surface area contributed by atoms with Crippen molar-refractivity contribution in [3.05, 3.63) is 82.0 Å². The highest BCUT2D eigenvalue weighted by Gasteiger charge is 2.21. The Hall–Kier alpha value is -3.22. The smallest absolute Gasteiger partial charge is 0.270 e. The molecule has 3 rings (SSSR count). The topological polar surface area (TPSA) is 137 Å². The molecule has 1 unspecified atom stereocenters. The molecule has 9 nitrogen and oxygen atoms in total. The van der Waals surface area contributed by atoms with Gasteiger partial charge in [0.1, 0.15) is 6.07 Å². The molecule has 154 valence electrons. The quantitative estimate of drug-likeness (QED) is 0.630. The van der Waals surface area contributed by atoms with Crippen LogP contribution in [0.4, 0.5) is 0 Å². The number of hydrogen-bond donors (Lipinski definition) is 2. The summed E-state index contributed by atoms with van der Waals surface area (Å²) in [7, 11) is 0. The molecule has 1 aromatic carbocycles. The Balaban J connectivity index is 2.12. The average molecular weight is 447 g/mol. The van der Waals surface area contributed by atoms with Crippen molar-refractivity contribution in [2.45, 2.75) is 32.6 Å². The van der Waals surface area contributed by atoms with E-state index in [0.29, 0.717) is 16.8 Å². The van der Waals surface area contributed by atoms with E-state index in [2.05, 4.69) is 15.3 Å². The molecular weight excluding hydrogens is 431 g/mol. The molecule has 30 heavy (non-hydrogen) atoms. The summed E-state index contributed by atoms with van der Waals surface area (Å²) in [5.74, 6) is -0.369. The first-order valence-electron chi connectivity index (χ1n) is 8.86. The summed E-state index contributed by atoms with van der Waals surface area (Å²) in [6.07, 6.45) is 0. The standard InChI is InChI=1S/C19H16Cl2N6O3/c1-8(2)11-6-14(24-25-17(11)28)9(3)16-12(20)4-10(5-13(16)21)27-19(30)23-18(29)15(7-22)26-27/h4-6,8-9H,1-3H3,(H,25,28)(H,23,29,30). The molecule has 0 aliphatic heterocycles. The lowest BCUT2D eigenvalue weighted by Gasteiger charge is -2.17. The molecule has 1 atom stereocenters. The molecule has 3 aromatic rings. The number of hydrogen-bond acceptors (Lipinski definition) is 6. The second kappa shape index (κ2) is 8.26. The molecule has 0 saturated heterocycles. The first kappa shape index (κ1) is 21.5.